The molecule has 0 aromatic heterocycles. The van der Waals surface area contributed by atoms with Gasteiger partial charge in [0.1, 0.15) is 0 Å². The molecular weight excluding hydrogens is 292 g/mol. The van der Waals surface area contributed by atoms with Crippen LogP contribution in [-0.2, 0) is 0 Å². The summed E-state index contributed by atoms with van der Waals surface area (Å²) in [6.07, 6.45) is 3.56. The lowest BCUT2D eigenvalue weighted by atomic mass is 10.1. The van der Waals surface area contributed by atoms with Crippen LogP contribution in [0.3, 0.4) is 0 Å². The molecule has 0 bridgehead atoms. The molecule has 0 fully saturated rings. The Morgan fingerprint density at radius 1 is 0.458 bits per heavy atom. The van der Waals surface area contributed by atoms with Gasteiger partial charge in [0.15, 0.2) is 0 Å². The van der Waals surface area contributed by atoms with Gasteiger partial charge in [-0.1, -0.05) is 72.8 Å². The number of fused-ring (bicyclic) bond motifs is 2. The van der Waals surface area contributed by atoms with Crippen LogP contribution >= 0.6 is 0 Å². The summed E-state index contributed by atoms with van der Waals surface area (Å²) in [6, 6.07) is 29.1. The van der Waals surface area contributed by atoms with Gasteiger partial charge in [0.25, 0.3) is 0 Å². The molecule has 0 saturated carbocycles. The van der Waals surface area contributed by atoms with Crippen molar-refractivity contribution in [2.24, 2.45) is 10.2 Å². The molecule has 0 spiro atoms. The molecule has 0 radical (unpaired) electrons. The van der Waals surface area contributed by atoms with Crippen molar-refractivity contribution in [2.45, 2.75) is 0 Å². The fourth-order valence-corrected chi connectivity index (χ4v) is 2.78. The molecular formula is C22H16N2. The summed E-state index contributed by atoms with van der Waals surface area (Å²) in [7, 11) is 0. The molecule has 0 atom stereocenters. The van der Waals surface area contributed by atoms with Gasteiger partial charge in [0, 0.05) is 0 Å². The van der Waals surface area contributed by atoms with Crippen molar-refractivity contribution >= 4 is 34.0 Å². The second kappa shape index (κ2) is 6.47. The Balaban J connectivity index is 1.53. The quantitative estimate of drug-likeness (QED) is 0.355. The smallest absolute Gasteiger partial charge is 0.0568 e. The molecule has 0 saturated heterocycles. The topological polar surface area (TPSA) is 24.7 Å². The molecule has 24 heavy (non-hydrogen) atoms. The third kappa shape index (κ3) is 3.08. The van der Waals surface area contributed by atoms with E-state index < -0.39 is 0 Å². The number of nitrogens with zero attached hydrogens (tertiary/aromatic N) is 2. The molecule has 4 aromatic carbocycles. The molecule has 2 nitrogen and oxygen atoms in total. The Kier molecular flexibility index (Phi) is 3.86. The lowest BCUT2D eigenvalue weighted by molar-refractivity contribution is 1.27. The van der Waals surface area contributed by atoms with E-state index >= 15 is 0 Å². The van der Waals surface area contributed by atoms with Crippen LogP contribution in [0.1, 0.15) is 11.1 Å². The predicted molar refractivity (Wildman–Crippen MR) is 103 cm³/mol. The van der Waals surface area contributed by atoms with Gasteiger partial charge < -0.3 is 0 Å². The first kappa shape index (κ1) is 14.3. The van der Waals surface area contributed by atoms with Crippen molar-refractivity contribution < 1.29 is 0 Å². The van der Waals surface area contributed by atoms with E-state index in [-0.39, 0.29) is 0 Å². The van der Waals surface area contributed by atoms with Gasteiger partial charge in [-0.25, -0.2) is 0 Å². The molecule has 0 aliphatic heterocycles. The van der Waals surface area contributed by atoms with E-state index in [1.165, 1.54) is 21.5 Å². The third-order valence-electron chi connectivity index (χ3n) is 4.03. The number of hydrogen-bond acceptors (Lipinski definition) is 2. The van der Waals surface area contributed by atoms with E-state index in [1.807, 2.05) is 24.3 Å². The van der Waals surface area contributed by atoms with Crippen LogP contribution < -0.4 is 0 Å². The van der Waals surface area contributed by atoms with Crippen molar-refractivity contribution in [3.8, 4) is 0 Å². The maximum atomic E-state index is 4.17. The average Bonchev–Trinajstić information content (AvgIpc) is 2.65. The molecule has 4 aromatic rings. The molecule has 0 aliphatic rings. The molecule has 2 heteroatoms. The van der Waals surface area contributed by atoms with Crippen LogP contribution in [0.25, 0.3) is 21.5 Å². The number of hydrogen-bond donors (Lipinski definition) is 0. The van der Waals surface area contributed by atoms with Crippen LogP contribution in [0.4, 0.5) is 0 Å². The standard InChI is InChI=1S/C22H16N2/c1-3-7-21-13-17(9-11-19(21)5-1)15-23-24-16-18-10-12-20-6-2-4-8-22(20)14-18/h1-16H/b23-15+,24-16+. The minimum Gasteiger partial charge on any atom is -0.159 e. The molecule has 0 heterocycles. The minimum absolute atomic E-state index is 1.05. The van der Waals surface area contributed by atoms with Crippen molar-refractivity contribution in [3.05, 3.63) is 96.1 Å². The summed E-state index contributed by atoms with van der Waals surface area (Å²) in [4.78, 5) is 0. The van der Waals surface area contributed by atoms with E-state index in [0.717, 1.165) is 11.1 Å². The second-order valence-corrected chi connectivity index (χ2v) is 5.70. The maximum Gasteiger partial charge on any atom is 0.0568 e. The fraction of sp³-hybridized carbons (Fsp3) is 0. The lowest BCUT2D eigenvalue weighted by Crippen LogP contribution is -1.83. The van der Waals surface area contributed by atoms with Crippen LogP contribution in [0.15, 0.2) is 95.1 Å². The zero-order valence-electron chi connectivity index (χ0n) is 13.1. The zero-order valence-corrected chi connectivity index (χ0v) is 13.1. The lowest BCUT2D eigenvalue weighted by Gasteiger charge is -1.98. The molecule has 0 N–H and O–H groups in total. The van der Waals surface area contributed by atoms with Gasteiger partial charge in [0.2, 0.25) is 0 Å². The third-order valence-corrected chi connectivity index (χ3v) is 4.03. The molecule has 0 aliphatic carbocycles. The zero-order chi connectivity index (χ0) is 16.2. The van der Waals surface area contributed by atoms with Gasteiger partial charge in [-0.3, -0.25) is 0 Å². The van der Waals surface area contributed by atoms with Gasteiger partial charge in [-0.2, -0.15) is 10.2 Å². The Morgan fingerprint density at radius 3 is 1.33 bits per heavy atom. The van der Waals surface area contributed by atoms with Gasteiger partial charge in [-0.05, 0) is 44.8 Å². The maximum absolute atomic E-state index is 4.17. The van der Waals surface area contributed by atoms with E-state index in [1.54, 1.807) is 12.4 Å². The van der Waals surface area contributed by atoms with E-state index in [4.69, 9.17) is 0 Å². The first-order valence-corrected chi connectivity index (χ1v) is 7.92. The summed E-state index contributed by atoms with van der Waals surface area (Å²) in [6.45, 7) is 0. The van der Waals surface area contributed by atoms with Gasteiger partial charge in [0.05, 0.1) is 12.4 Å². The summed E-state index contributed by atoms with van der Waals surface area (Å²) < 4.78 is 0. The molecule has 0 amide bonds. The SMILES string of the molecule is C(=N\N=C\c1ccc2ccccc2c1)/c1ccc2ccccc2c1. The Labute approximate surface area is 140 Å². The van der Waals surface area contributed by atoms with Crippen LogP contribution in [-0.4, -0.2) is 12.4 Å². The summed E-state index contributed by atoms with van der Waals surface area (Å²) in [5.74, 6) is 0. The highest BCUT2D eigenvalue weighted by atomic mass is 15.2. The van der Waals surface area contributed by atoms with Gasteiger partial charge in [-0.15, -0.1) is 0 Å². The summed E-state index contributed by atoms with van der Waals surface area (Å²) in [5, 5.41) is 13.2. The Morgan fingerprint density at radius 2 is 0.875 bits per heavy atom. The molecule has 4 rings (SSSR count). The monoisotopic (exact) mass is 308 g/mol. The van der Waals surface area contributed by atoms with E-state index in [2.05, 4.69) is 70.9 Å². The first-order valence-electron chi connectivity index (χ1n) is 7.92. The Hall–Kier alpha value is -3.26. The highest BCUT2D eigenvalue weighted by molar-refractivity contribution is 5.92. The average molecular weight is 308 g/mol. The van der Waals surface area contributed by atoms with Crippen molar-refractivity contribution in [2.75, 3.05) is 0 Å². The fourth-order valence-electron chi connectivity index (χ4n) is 2.78. The van der Waals surface area contributed by atoms with Crippen LogP contribution in [0, 0.1) is 0 Å². The van der Waals surface area contributed by atoms with E-state index in [0.29, 0.717) is 0 Å². The minimum atomic E-state index is 1.05. The number of rotatable bonds is 3. The van der Waals surface area contributed by atoms with Crippen molar-refractivity contribution in [1.82, 2.24) is 0 Å². The van der Waals surface area contributed by atoms with Crippen LogP contribution in [0.2, 0.25) is 0 Å². The normalized spacial score (nSPS) is 11.8. The second-order valence-electron chi connectivity index (χ2n) is 5.70. The van der Waals surface area contributed by atoms with E-state index in [9.17, 15) is 0 Å². The highest BCUT2D eigenvalue weighted by Crippen LogP contribution is 2.15. The molecule has 0 unspecified atom stereocenters. The Bertz CT molecular complexity index is 974. The summed E-state index contributed by atoms with van der Waals surface area (Å²) in [5.41, 5.74) is 2.09. The largest absolute Gasteiger partial charge is 0.159 e. The van der Waals surface area contributed by atoms with Crippen LogP contribution in [0.5, 0.6) is 0 Å². The van der Waals surface area contributed by atoms with Gasteiger partial charge >= 0.3 is 0 Å². The first-order chi connectivity index (χ1) is 11.9. The predicted octanol–water partition coefficient (Wildman–Crippen LogP) is 5.45. The van der Waals surface area contributed by atoms with Crippen molar-refractivity contribution in [3.63, 3.8) is 0 Å². The summed E-state index contributed by atoms with van der Waals surface area (Å²) >= 11 is 0. The highest BCUT2D eigenvalue weighted by Gasteiger charge is 1.94. The molecule has 114 valence electrons. The van der Waals surface area contributed by atoms with Crippen molar-refractivity contribution in [1.29, 1.82) is 0 Å². The number of benzene rings is 4.